The Balaban J connectivity index is 0.00000225. The van der Waals surface area contributed by atoms with Crippen LogP contribution in [0, 0.1) is 0 Å². The Kier molecular flexibility index (Phi) is 7.16. The van der Waals surface area contributed by atoms with Crippen LogP contribution in [0.2, 0.25) is 5.02 Å². The fourth-order valence-electron chi connectivity index (χ4n) is 2.26. The topological polar surface area (TPSA) is 84.9 Å². The summed E-state index contributed by atoms with van der Waals surface area (Å²) < 4.78 is 0. The van der Waals surface area contributed by atoms with Crippen LogP contribution >= 0.6 is 35.8 Å². The highest BCUT2D eigenvalue weighted by molar-refractivity contribution is 7.99. The molecular weight excluding hydrogens is 379 g/mol. The van der Waals surface area contributed by atoms with Gasteiger partial charge in [0.15, 0.2) is 0 Å². The summed E-state index contributed by atoms with van der Waals surface area (Å²) in [5, 5.41) is 10.7. The van der Waals surface area contributed by atoms with Crippen molar-refractivity contribution in [2.45, 2.75) is 23.1 Å². The van der Waals surface area contributed by atoms with Gasteiger partial charge in [-0.2, -0.15) is 0 Å². The number of halogens is 2. The number of benzene rings is 1. The molecule has 2 heterocycles. The highest BCUT2D eigenvalue weighted by Crippen LogP contribution is 2.39. The van der Waals surface area contributed by atoms with Crippen LogP contribution in [0.4, 0.5) is 0 Å². The summed E-state index contributed by atoms with van der Waals surface area (Å²) >= 11 is 7.90. The maximum atomic E-state index is 9.46. The molecule has 0 amide bonds. The Morgan fingerprint density at radius 3 is 2.64 bits per heavy atom. The van der Waals surface area contributed by atoms with Crippen LogP contribution in [0.15, 0.2) is 59.0 Å². The summed E-state index contributed by atoms with van der Waals surface area (Å²) in [6.07, 6.45) is 4.87. The molecule has 0 unspecified atom stereocenters. The fraction of sp³-hybridized carbons (Fsp3) is 0.118. The first-order valence-electron chi connectivity index (χ1n) is 7.24. The van der Waals surface area contributed by atoms with E-state index < -0.39 is 0 Å². The molecule has 0 aliphatic rings. The number of rotatable bonds is 5. The summed E-state index contributed by atoms with van der Waals surface area (Å²) in [4.78, 5) is 13.3. The second-order valence-electron chi connectivity index (χ2n) is 4.97. The Labute approximate surface area is 161 Å². The summed E-state index contributed by atoms with van der Waals surface area (Å²) in [6, 6.07) is 9.27. The van der Waals surface area contributed by atoms with E-state index in [1.807, 2.05) is 24.3 Å². The third-order valence-corrected chi connectivity index (χ3v) is 5.09. The molecule has 0 saturated heterocycles. The van der Waals surface area contributed by atoms with Gasteiger partial charge in [0, 0.05) is 35.0 Å². The van der Waals surface area contributed by atoms with Crippen molar-refractivity contribution < 1.29 is 5.11 Å². The quantitative estimate of drug-likeness (QED) is 0.685. The van der Waals surface area contributed by atoms with Gasteiger partial charge in [-0.1, -0.05) is 29.4 Å². The van der Waals surface area contributed by atoms with Crippen molar-refractivity contribution >= 4 is 35.8 Å². The molecule has 130 valence electrons. The van der Waals surface area contributed by atoms with Crippen molar-refractivity contribution in [2.75, 3.05) is 0 Å². The van der Waals surface area contributed by atoms with E-state index in [1.54, 1.807) is 18.5 Å². The number of aliphatic hydroxyl groups is 1. The van der Waals surface area contributed by atoms with Gasteiger partial charge in [0.25, 0.3) is 0 Å². The minimum atomic E-state index is -0.0786. The molecule has 2 aromatic heterocycles. The summed E-state index contributed by atoms with van der Waals surface area (Å²) in [7, 11) is 0. The number of nitrogens with zero attached hydrogens (tertiary/aromatic N) is 3. The third-order valence-electron chi connectivity index (χ3n) is 3.44. The smallest absolute Gasteiger partial charge is 0.116 e. The van der Waals surface area contributed by atoms with Crippen LogP contribution in [0.25, 0.3) is 11.3 Å². The minimum Gasteiger partial charge on any atom is -0.392 e. The van der Waals surface area contributed by atoms with Gasteiger partial charge in [-0.05, 0) is 29.8 Å². The summed E-state index contributed by atoms with van der Waals surface area (Å²) in [5.74, 6) is 0. The van der Waals surface area contributed by atoms with Crippen molar-refractivity contribution in [1.29, 1.82) is 0 Å². The van der Waals surface area contributed by atoms with E-state index in [0.29, 0.717) is 16.6 Å². The van der Waals surface area contributed by atoms with Crippen LogP contribution in [0.1, 0.15) is 11.1 Å². The maximum absolute atomic E-state index is 9.46. The Morgan fingerprint density at radius 2 is 1.96 bits per heavy atom. The monoisotopic (exact) mass is 394 g/mol. The van der Waals surface area contributed by atoms with Crippen molar-refractivity contribution in [3.05, 3.63) is 65.2 Å². The molecule has 0 radical (unpaired) electrons. The lowest BCUT2D eigenvalue weighted by Crippen LogP contribution is -2.01. The highest BCUT2D eigenvalue weighted by atomic mass is 35.5. The molecule has 3 N–H and O–H groups in total. The lowest BCUT2D eigenvalue weighted by molar-refractivity contribution is 0.278. The average molecular weight is 395 g/mol. The van der Waals surface area contributed by atoms with Gasteiger partial charge in [-0.25, -0.2) is 15.0 Å². The second-order valence-corrected chi connectivity index (χ2v) is 6.38. The Bertz CT molecular complexity index is 849. The minimum absolute atomic E-state index is 0. The first kappa shape index (κ1) is 19.6. The van der Waals surface area contributed by atoms with Crippen molar-refractivity contribution in [2.24, 2.45) is 5.73 Å². The molecule has 5 nitrogen and oxygen atoms in total. The first-order valence-corrected chi connectivity index (χ1v) is 8.44. The number of nitrogens with two attached hydrogens (primary N) is 1. The number of aromatic nitrogens is 3. The van der Waals surface area contributed by atoms with Crippen LogP contribution in [0.5, 0.6) is 0 Å². The highest BCUT2D eigenvalue weighted by Gasteiger charge is 2.14. The van der Waals surface area contributed by atoms with E-state index in [0.717, 1.165) is 27.3 Å². The van der Waals surface area contributed by atoms with Crippen molar-refractivity contribution in [1.82, 2.24) is 15.0 Å². The lowest BCUT2D eigenvalue weighted by Gasteiger charge is -2.13. The van der Waals surface area contributed by atoms with E-state index in [-0.39, 0.29) is 19.0 Å². The first-order chi connectivity index (χ1) is 11.7. The van der Waals surface area contributed by atoms with Gasteiger partial charge in [-0.3, -0.25) is 0 Å². The molecule has 0 fully saturated rings. The fourth-order valence-corrected chi connectivity index (χ4v) is 3.61. The number of hydrogen-bond donors (Lipinski definition) is 2. The van der Waals surface area contributed by atoms with E-state index in [2.05, 4.69) is 15.0 Å². The van der Waals surface area contributed by atoms with Crippen LogP contribution in [-0.4, -0.2) is 20.1 Å². The van der Waals surface area contributed by atoms with Gasteiger partial charge in [0.2, 0.25) is 0 Å². The third kappa shape index (κ3) is 4.48. The molecule has 1 aromatic carbocycles. The average Bonchev–Trinajstić information content (AvgIpc) is 2.64. The van der Waals surface area contributed by atoms with Crippen LogP contribution < -0.4 is 5.73 Å². The van der Waals surface area contributed by atoms with E-state index in [1.165, 1.54) is 18.1 Å². The summed E-state index contributed by atoms with van der Waals surface area (Å²) in [6.45, 7) is 0.257. The molecule has 0 atom stereocenters. The van der Waals surface area contributed by atoms with Crippen molar-refractivity contribution in [3.63, 3.8) is 0 Å². The van der Waals surface area contributed by atoms with Crippen molar-refractivity contribution in [3.8, 4) is 11.3 Å². The molecule has 0 aliphatic heterocycles. The van der Waals surface area contributed by atoms with Gasteiger partial charge in [0.05, 0.1) is 17.3 Å². The van der Waals surface area contributed by atoms with E-state index in [9.17, 15) is 5.11 Å². The van der Waals surface area contributed by atoms with Gasteiger partial charge in [0.1, 0.15) is 11.4 Å². The normalized spacial score (nSPS) is 10.4. The lowest BCUT2D eigenvalue weighted by atomic mass is 10.1. The zero-order valence-electron chi connectivity index (χ0n) is 13.1. The number of aliphatic hydroxyl groups excluding tert-OH is 1. The molecule has 25 heavy (non-hydrogen) atoms. The zero-order valence-corrected chi connectivity index (χ0v) is 15.5. The number of pyridine rings is 1. The molecule has 0 spiro atoms. The predicted molar refractivity (Wildman–Crippen MR) is 102 cm³/mol. The molecular formula is C17H16Cl2N4OS. The maximum Gasteiger partial charge on any atom is 0.116 e. The molecule has 8 heteroatoms. The summed E-state index contributed by atoms with van der Waals surface area (Å²) in [5.41, 5.74) is 9.24. The van der Waals surface area contributed by atoms with Crippen LogP contribution in [-0.2, 0) is 13.2 Å². The van der Waals surface area contributed by atoms with E-state index >= 15 is 0 Å². The molecule has 0 bridgehead atoms. The Hall–Kier alpha value is -1.70. The second kappa shape index (κ2) is 9.12. The SMILES string of the molecule is Cl.NCc1cc(-c2ccncn2)cc(Cl)c1Sc1ncccc1CO. The van der Waals surface area contributed by atoms with Gasteiger partial charge < -0.3 is 10.8 Å². The largest absolute Gasteiger partial charge is 0.392 e. The van der Waals surface area contributed by atoms with Crippen LogP contribution in [0.3, 0.4) is 0 Å². The Morgan fingerprint density at radius 1 is 1.12 bits per heavy atom. The standard InChI is InChI=1S/C17H15ClN4OS.ClH/c18-14-7-12(15-3-5-20-10-22-15)6-13(8-19)16(14)24-17-11(9-23)2-1-4-21-17;/h1-7,10,23H,8-9,19H2;1H. The molecule has 0 saturated carbocycles. The number of hydrogen-bond acceptors (Lipinski definition) is 6. The van der Waals surface area contributed by atoms with E-state index in [4.69, 9.17) is 17.3 Å². The predicted octanol–water partition coefficient (Wildman–Crippen LogP) is 3.72. The molecule has 0 aliphatic carbocycles. The molecule has 3 rings (SSSR count). The van der Waals surface area contributed by atoms with Gasteiger partial charge >= 0.3 is 0 Å². The zero-order chi connectivity index (χ0) is 16.9. The van der Waals surface area contributed by atoms with Gasteiger partial charge in [-0.15, -0.1) is 12.4 Å². The molecule has 3 aromatic rings.